The molecule has 94 valence electrons. The van der Waals surface area contributed by atoms with Crippen molar-refractivity contribution in [3.05, 3.63) is 23.8 Å². The summed E-state index contributed by atoms with van der Waals surface area (Å²) >= 11 is 0. The van der Waals surface area contributed by atoms with Crippen LogP contribution in [-0.4, -0.2) is 31.6 Å². The Kier molecular flexibility index (Phi) is 3.38. The van der Waals surface area contributed by atoms with E-state index in [1.54, 1.807) is 0 Å². The van der Waals surface area contributed by atoms with Crippen LogP contribution in [0.4, 0.5) is 0 Å². The molecule has 0 radical (unpaired) electrons. The molecular formula is C14H22N2O. The molecule has 2 atom stereocenters. The summed E-state index contributed by atoms with van der Waals surface area (Å²) in [6.45, 7) is 5.14. The van der Waals surface area contributed by atoms with E-state index in [9.17, 15) is 4.79 Å². The Bertz CT molecular complexity index is 360. The lowest BCUT2D eigenvalue weighted by molar-refractivity contribution is -0.117. The van der Waals surface area contributed by atoms with E-state index in [4.69, 9.17) is 0 Å². The van der Waals surface area contributed by atoms with Crippen LogP contribution in [0.3, 0.4) is 0 Å². The number of amides is 1. The molecule has 3 heteroatoms. The molecule has 1 saturated carbocycles. The number of hydrogen-bond donors (Lipinski definition) is 1. The molecule has 0 aromatic carbocycles. The molecule has 3 nitrogen and oxygen atoms in total. The van der Waals surface area contributed by atoms with Crippen molar-refractivity contribution in [2.75, 3.05) is 20.8 Å². The minimum absolute atomic E-state index is 0.0434. The first-order valence-corrected chi connectivity index (χ1v) is 6.33. The molecule has 2 unspecified atom stereocenters. The molecule has 0 aliphatic heterocycles. The van der Waals surface area contributed by atoms with Crippen molar-refractivity contribution in [1.82, 2.24) is 10.2 Å². The van der Waals surface area contributed by atoms with E-state index in [-0.39, 0.29) is 5.91 Å². The molecule has 0 aromatic heterocycles. The zero-order valence-electron chi connectivity index (χ0n) is 11.1. The number of nitrogens with zero attached hydrogens (tertiary/aromatic N) is 1. The highest BCUT2D eigenvalue weighted by Crippen LogP contribution is 2.49. The van der Waals surface area contributed by atoms with Gasteiger partial charge in [0.05, 0.1) is 6.67 Å². The van der Waals surface area contributed by atoms with Gasteiger partial charge in [-0.05, 0) is 37.8 Å². The van der Waals surface area contributed by atoms with Gasteiger partial charge in [-0.2, -0.15) is 0 Å². The van der Waals surface area contributed by atoms with Crippen LogP contribution in [-0.2, 0) is 4.79 Å². The van der Waals surface area contributed by atoms with E-state index in [1.807, 2.05) is 25.1 Å². The monoisotopic (exact) mass is 234 g/mol. The number of hydrogen-bond acceptors (Lipinski definition) is 2. The Morgan fingerprint density at radius 3 is 2.53 bits per heavy atom. The van der Waals surface area contributed by atoms with Gasteiger partial charge in [0.1, 0.15) is 0 Å². The maximum Gasteiger partial charge on any atom is 0.251 e. The highest BCUT2D eigenvalue weighted by atomic mass is 16.1. The highest BCUT2D eigenvalue weighted by Gasteiger charge is 2.43. The third-order valence-corrected chi connectivity index (χ3v) is 4.12. The lowest BCUT2D eigenvalue weighted by Gasteiger charge is -2.46. The normalized spacial score (nSPS) is 35.0. The summed E-state index contributed by atoms with van der Waals surface area (Å²) in [5.41, 5.74) is 0.829. The molecule has 3 aliphatic rings. The molecule has 17 heavy (non-hydrogen) atoms. The number of carbonyl (C=O) groups excluding carboxylic acids is 1. The van der Waals surface area contributed by atoms with Crippen LogP contribution in [0.5, 0.6) is 0 Å². The number of fused-ring (bicyclic) bond motifs is 1. The molecule has 1 amide bonds. The minimum Gasteiger partial charge on any atom is -0.339 e. The van der Waals surface area contributed by atoms with E-state index in [2.05, 4.69) is 31.3 Å². The topological polar surface area (TPSA) is 32.3 Å². The maximum atomic E-state index is 12.0. The van der Waals surface area contributed by atoms with Gasteiger partial charge in [0.2, 0.25) is 0 Å². The fraction of sp³-hybridized carbons (Fsp3) is 0.643. The van der Waals surface area contributed by atoms with E-state index in [1.165, 1.54) is 0 Å². The second-order valence-corrected chi connectivity index (χ2v) is 5.60. The molecule has 2 bridgehead atoms. The predicted octanol–water partition coefficient (Wildman–Crippen LogP) is 1.64. The number of allylic oxidation sites excluding steroid dienone is 2. The number of nitrogens with one attached hydrogen (secondary N) is 1. The van der Waals surface area contributed by atoms with Crippen molar-refractivity contribution >= 4 is 5.91 Å². The third-order valence-electron chi connectivity index (χ3n) is 4.12. The van der Waals surface area contributed by atoms with Gasteiger partial charge < -0.3 is 5.32 Å². The molecular weight excluding hydrogens is 212 g/mol. The van der Waals surface area contributed by atoms with E-state index < -0.39 is 0 Å². The van der Waals surface area contributed by atoms with Crippen LogP contribution in [0.15, 0.2) is 23.8 Å². The van der Waals surface area contributed by atoms with Crippen LogP contribution in [0, 0.1) is 23.7 Å². The van der Waals surface area contributed by atoms with Gasteiger partial charge in [-0.25, -0.2) is 0 Å². The molecule has 0 spiro atoms. The average Bonchev–Trinajstić information content (AvgIpc) is 2.57. The molecule has 0 saturated heterocycles. The van der Waals surface area contributed by atoms with E-state index in [0.29, 0.717) is 30.3 Å². The summed E-state index contributed by atoms with van der Waals surface area (Å²) in [6.07, 6.45) is 6.36. The number of carbonyl (C=O) groups is 1. The zero-order chi connectivity index (χ0) is 12.6. The fourth-order valence-electron chi connectivity index (χ4n) is 2.94. The quantitative estimate of drug-likeness (QED) is 0.753. The zero-order valence-corrected chi connectivity index (χ0v) is 11.1. The maximum absolute atomic E-state index is 12.0. The van der Waals surface area contributed by atoms with Gasteiger partial charge in [-0.1, -0.05) is 32.1 Å². The van der Waals surface area contributed by atoms with Crippen molar-refractivity contribution in [3.8, 4) is 0 Å². The first kappa shape index (κ1) is 12.4. The van der Waals surface area contributed by atoms with Gasteiger partial charge in [-0.3, -0.25) is 9.69 Å². The SMILES string of the molecule is CC1C2C=CC(C(=O)NCN(C)C)=CC1C2C. The van der Waals surface area contributed by atoms with Crippen LogP contribution >= 0.6 is 0 Å². The first-order valence-electron chi connectivity index (χ1n) is 6.33. The highest BCUT2D eigenvalue weighted by molar-refractivity contribution is 5.96. The predicted molar refractivity (Wildman–Crippen MR) is 69.2 cm³/mol. The summed E-state index contributed by atoms with van der Waals surface area (Å²) in [4.78, 5) is 13.9. The smallest absolute Gasteiger partial charge is 0.251 e. The van der Waals surface area contributed by atoms with Crippen molar-refractivity contribution < 1.29 is 4.79 Å². The van der Waals surface area contributed by atoms with Gasteiger partial charge in [0, 0.05) is 5.57 Å². The summed E-state index contributed by atoms with van der Waals surface area (Å²) in [5, 5.41) is 2.92. The van der Waals surface area contributed by atoms with Crippen molar-refractivity contribution in [2.45, 2.75) is 13.8 Å². The van der Waals surface area contributed by atoms with Crippen molar-refractivity contribution in [3.63, 3.8) is 0 Å². The molecule has 0 aromatic rings. The van der Waals surface area contributed by atoms with Crippen molar-refractivity contribution in [2.24, 2.45) is 23.7 Å². The summed E-state index contributed by atoms with van der Waals surface area (Å²) in [7, 11) is 3.89. The summed E-state index contributed by atoms with van der Waals surface area (Å²) < 4.78 is 0. The first-order chi connectivity index (χ1) is 8.00. The van der Waals surface area contributed by atoms with Gasteiger partial charge in [0.25, 0.3) is 5.91 Å². The van der Waals surface area contributed by atoms with Gasteiger partial charge in [-0.15, -0.1) is 0 Å². The van der Waals surface area contributed by atoms with Crippen molar-refractivity contribution in [1.29, 1.82) is 0 Å². The minimum atomic E-state index is 0.0434. The Balaban J connectivity index is 2.04. The number of rotatable bonds is 3. The van der Waals surface area contributed by atoms with Crippen LogP contribution in [0.25, 0.3) is 0 Å². The average molecular weight is 234 g/mol. The van der Waals surface area contributed by atoms with Crippen LogP contribution in [0.2, 0.25) is 0 Å². The second-order valence-electron chi connectivity index (χ2n) is 5.60. The standard InChI is InChI=1S/C14H22N2O/c1-9-12-6-5-11(7-13(9)10(12)2)14(17)15-8-16(3)4/h5-7,9-10,12-13H,8H2,1-4H3,(H,15,17). The Labute approximate surface area is 104 Å². The van der Waals surface area contributed by atoms with Crippen LogP contribution < -0.4 is 5.32 Å². The Hall–Kier alpha value is -1.09. The molecule has 1 N–H and O–H groups in total. The molecule has 3 aliphatic carbocycles. The fourth-order valence-corrected chi connectivity index (χ4v) is 2.94. The van der Waals surface area contributed by atoms with Crippen LogP contribution in [0.1, 0.15) is 13.8 Å². The lowest BCUT2D eigenvalue weighted by atomic mass is 9.59. The van der Waals surface area contributed by atoms with E-state index >= 15 is 0 Å². The van der Waals surface area contributed by atoms with E-state index in [0.717, 1.165) is 5.57 Å². The van der Waals surface area contributed by atoms with Gasteiger partial charge in [0.15, 0.2) is 0 Å². The Morgan fingerprint density at radius 2 is 1.94 bits per heavy atom. The van der Waals surface area contributed by atoms with Gasteiger partial charge >= 0.3 is 0 Å². The second kappa shape index (κ2) is 4.65. The largest absolute Gasteiger partial charge is 0.339 e. The summed E-state index contributed by atoms with van der Waals surface area (Å²) in [5.74, 6) is 2.62. The lowest BCUT2D eigenvalue weighted by Crippen LogP contribution is -2.41. The Morgan fingerprint density at radius 1 is 1.29 bits per heavy atom. The third kappa shape index (κ3) is 2.29. The molecule has 1 fully saturated rings. The molecule has 0 heterocycles. The summed E-state index contributed by atoms with van der Waals surface area (Å²) in [6, 6.07) is 0. The molecule has 3 rings (SSSR count).